The van der Waals surface area contributed by atoms with Crippen LogP contribution in [-0.2, 0) is 4.74 Å². The van der Waals surface area contributed by atoms with E-state index in [9.17, 15) is 9.90 Å². The first-order valence-electron chi connectivity index (χ1n) is 8.11. The quantitative estimate of drug-likeness (QED) is 0.901. The monoisotopic (exact) mass is 305 g/mol. The highest BCUT2D eigenvalue weighted by molar-refractivity contribution is 5.68. The number of likely N-dealkylation sites (tertiary alicyclic amines) is 1. The maximum atomic E-state index is 12.5. The van der Waals surface area contributed by atoms with Crippen molar-refractivity contribution in [2.24, 2.45) is 0 Å². The molecule has 4 heteroatoms. The first-order chi connectivity index (χ1) is 10.4. The minimum Gasteiger partial charge on any atom is -0.444 e. The maximum absolute atomic E-state index is 12.5. The van der Waals surface area contributed by atoms with E-state index in [4.69, 9.17) is 4.74 Å². The Morgan fingerprint density at radius 1 is 1.23 bits per heavy atom. The molecule has 122 valence electrons. The third kappa shape index (κ3) is 4.47. The van der Waals surface area contributed by atoms with Crippen LogP contribution in [0.3, 0.4) is 0 Å². The summed E-state index contributed by atoms with van der Waals surface area (Å²) < 4.78 is 5.52. The Bertz CT molecular complexity index is 481. The summed E-state index contributed by atoms with van der Waals surface area (Å²) in [6.07, 6.45) is 2.86. The summed E-state index contributed by atoms with van der Waals surface area (Å²) in [5, 5.41) is 10.7. The van der Waals surface area contributed by atoms with Crippen molar-refractivity contribution < 1.29 is 14.6 Å². The molecule has 4 nitrogen and oxygen atoms in total. The number of rotatable bonds is 2. The Hall–Kier alpha value is -1.55. The molecule has 22 heavy (non-hydrogen) atoms. The van der Waals surface area contributed by atoms with Gasteiger partial charge in [0.25, 0.3) is 0 Å². The molecule has 1 aliphatic heterocycles. The third-order valence-electron chi connectivity index (χ3n) is 3.93. The lowest BCUT2D eigenvalue weighted by Gasteiger charge is -2.35. The van der Waals surface area contributed by atoms with Crippen LogP contribution in [0, 0.1) is 0 Å². The fourth-order valence-electron chi connectivity index (χ4n) is 2.88. The number of ether oxygens (including phenoxy) is 1. The number of amides is 1. The lowest BCUT2D eigenvalue weighted by molar-refractivity contribution is -0.00583. The molecule has 0 bridgehead atoms. The predicted octanol–water partition coefficient (Wildman–Crippen LogP) is 3.90. The van der Waals surface area contributed by atoms with Crippen molar-refractivity contribution in [1.29, 1.82) is 0 Å². The zero-order chi connectivity index (χ0) is 16.2. The molecule has 0 saturated carbocycles. The van der Waals surface area contributed by atoms with Gasteiger partial charge in [0.1, 0.15) is 5.60 Å². The second kappa shape index (κ2) is 7.14. The van der Waals surface area contributed by atoms with Gasteiger partial charge in [0.2, 0.25) is 0 Å². The lowest BCUT2D eigenvalue weighted by Crippen LogP contribution is -2.45. The van der Waals surface area contributed by atoms with Crippen molar-refractivity contribution in [1.82, 2.24) is 4.90 Å². The van der Waals surface area contributed by atoms with Crippen LogP contribution in [0.1, 0.15) is 58.1 Å². The highest BCUT2D eigenvalue weighted by Gasteiger charge is 2.34. The summed E-state index contributed by atoms with van der Waals surface area (Å²) in [5.74, 6) is 0. The van der Waals surface area contributed by atoms with Crippen LogP contribution in [0.25, 0.3) is 0 Å². The molecule has 0 radical (unpaired) electrons. The topological polar surface area (TPSA) is 49.8 Å². The standard InChI is InChI=1S/C18H27NO3/c1-18(2,3)22-17(21)19-13-9-5-8-12-15(19)16(20)14-10-6-4-7-11-14/h4,6-7,10-11,15-16,20H,5,8-9,12-13H2,1-3H3. The van der Waals surface area contributed by atoms with E-state index >= 15 is 0 Å². The van der Waals surface area contributed by atoms with Gasteiger partial charge in [-0.15, -0.1) is 0 Å². The molecule has 0 spiro atoms. The smallest absolute Gasteiger partial charge is 0.410 e. The second-order valence-electron chi connectivity index (χ2n) is 6.95. The van der Waals surface area contributed by atoms with E-state index in [1.807, 2.05) is 51.1 Å². The predicted molar refractivity (Wildman–Crippen MR) is 86.6 cm³/mol. The number of nitrogens with zero attached hydrogens (tertiary/aromatic N) is 1. The summed E-state index contributed by atoms with van der Waals surface area (Å²) >= 11 is 0. The first-order valence-corrected chi connectivity index (χ1v) is 8.11. The van der Waals surface area contributed by atoms with Crippen LogP contribution >= 0.6 is 0 Å². The van der Waals surface area contributed by atoms with Crippen molar-refractivity contribution in [2.45, 2.75) is 64.2 Å². The number of carbonyl (C=O) groups is 1. The minimum absolute atomic E-state index is 0.222. The minimum atomic E-state index is -0.674. The Kier molecular flexibility index (Phi) is 5.46. The average molecular weight is 305 g/mol. The number of carbonyl (C=O) groups excluding carboxylic acids is 1. The Labute approximate surface area is 133 Å². The van der Waals surface area contributed by atoms with E-state index in [0.717, 1.165) is 31.2 Å². The fraction of sp³-hybridized carbons (Fsp3) is 0.611. The normalized spacial score (nSPS) is 21.1. The van der Waals surface area contributed by atoms with Gasteiger partial charge in [-0.25, -0.2) is 4.79 Å². The van der Waals surface area contributed by atoms with Crippen LogP contribution in [0.15, 0.2) is 30.3 Å². The fourth-order valence-corrected chi connectivity index (χ4v) is 2.88. The van der Waals surface area contributed by atoms with E-state index in [2.05, 4.69) is 0 Å². The molecular formula is C18H27NO3. The largest absolute Gasteiger partial charge is 0.444 e. The molecule has 1 aromatic rings. The van der Waals surface area contributed by atoms with E-state index in [-0.39, 0.29) is 12.1 Å². The number of aliphatic hydroxyl groups excluding tert-OH is 1. The summed E-state index contributed by atoms with van der Waals surface area (Å²) in [7, 11) is 0. The number of benzene rings is 1. The van der Waals surface area contributed by atoms with Gasteiger partial charge in [-0.1, -0.05) is 43.2 Å². The van der Waals surface area contributed by atoms with Crippen molar-refractivity contribution in [3.05, 3.63) is 35.9 Å². The van der Waals surface area contributed by atoms with Gasteiger partial charge < -0.3 is 14.7 Å². The summed E-state index contributed by atoms with van der Waals surface area (Å²) in [5.41, 5.74) is 0.328. The van der Waals surface area contributed by atoms with E-state index < -0.39 is 11.7 Å². The van der Waals surface area contributed by atoms with Crippen LogP contribution in [-0.4, -0.2) is 34.3 Å². The molecule has 1 amide bonds. The Morgan fingerprint density at radius 2 is 1.91 bits per heavy atom. The maximum Gasteiger partial charge on any atom is 0.410 e. The third-order valence-corrected chi connectivity index (χ3v) is 3.93. The van der Waals surface area contributed by atoms with Gasteiger partial charge in [0.15, 0.2) is 0 Å². The zero-order valence-corrected chi connectivity index (χ0v) is 13.8. The summed E-state index contributed by atoms with van der Waals surface area (Å²) in [6, 6.07) is 9.33. The molecule has 0 aromatic heterocycles. The van der Waals surface area contributed by atoms with Gasteiger partial charge in [-0.05, 0) is 39.2 Å². The van der Waals surface area contributed by atoms with Crippen LogP contribution in [0.4, 0.5) is 4.79 Å². The molecule has 1 saturated heterocycles. The molecular weight excluding hydrogens is 278 g/mol. The SMILES string of the molecule is CC(C)(C)OC(=O)N1CCCCCC1C(O)c1ccccc1. The van der Waals surface area contributed by atoms with Crippen LogP contribution in [0.2, 0.25) is 0 Å². The molecule has 1 fully saturated rings. The van der Waals surface area contributed by atoms with Gasteiger partial charge in [0.05, 0.1) is 12.1 Å². The molecule has 2 rings (SSSR count). The van der Waals surface area contributed by atoms with E-state index in [0.29, 0.717) is 6.54 Å². The molecule has 1 heterocycles. The second-order valence-corrected chi connectivity index (χ2v) is 6.95. The van der Waals surface area contributed by atoms with Crippen molar-refractivity contribution >= 4 is 6.09 Å². The van der Waals surface area contributed by atoms with Crippen LogP contribution in [0.5, 0.6) is 0 Å². The molecule has 0 aliphatic carbocycles. The van der Waals surface area contributed by atoms with E-state index in [1.165, 1.54) is 0 Å². The lowest BCUT2D eigenvalue weighted by atomic mass is 9.97. The van der Waals surface area contributed by atoms with Crippen molar-refractivity contribution in [3.63, 3.8) is 0 Å². The highest BCUT2D eigenvalue weighted by atomic mass is 16.6. The molecule has 1 aromatic carbocycles. The summed E-state index contributed by atoms with van der Waals surface area (Å²) in [6.45, 7) is 6.24. The number of hydrogen-bond donors (Lipinski definition) is 1. The summed E-state index contributed by atoms with van der Waals surface area (Å²) in [4.78, 5) is 14.2. The Morgan fingerprint density at radius 3 is 2.55 bits per heavy atom. The van der Waals surface area contributed by atoms with Gasteiger partial charge >= 0.3 is 6.09 Å². The molecule has 2 atom stereocenters. The van der Waals surface area contributed by atoms with Crippen molar-refractivity contribution in [2.75, 3.05) is 6.54 Å². The molecule has 2 unspecified atom stereocenters. The average Bonchev–Trinajstić information content (AvgIpc) is 2.71. The van der Waals surface area contributed by atoms with E-state index in [1.54, 1.807) is 4.90 Å². The number of hydrogen-bond acceptors (Lipinski definition) is 3. The highest BCUT2D eigenvalue weighted by Crippen LogP contribution is 2.29. The zero-order valence-electron chi connectivity index (χ0n) is 13.8. The first kappa shape index (κ1) is 16.8. The number of aliphatic hydroxyl groups is 1. The Balaban J connectivity index is 2.19. The van der Waals surface area contributed by atoms with Gasteiger partial charge in [-0.2, -0.15) is 0 Å². The van der Waals surface area contributed by atoms with Crippen molar-refractivity contribution in [3.8, 4) is 0 Å². The molecule has 1 N–H and O–H groups in total. The van der Waals surface area contributed by atoms with Gasteiger partial charge in [0, 0.05) is 6.54 Å². The van der Waals surface area contributed by atoms with Crippen LogP contribution < -0.4 is 0 Å². The molecule has 1 aliphatic rings. The van der Waals surface area contributed by atoms with Gasteiger partial charge in [-0.3, -0.25) is 0 Å².